The van der Waals surface area contributed by atoms with Crippen molar-refractivity contribution in [3.05, 3.63) is 32.5 Å². The van der Waals surface area contributed by atoms with Gasteiger partial charge >= 0.3 is 0 Å². The largest absolute Gasteiger partial charge is 0.321 e. The van der Waals surface area contributed by atoms with Crippen molar-refractivity contribution in [2.75, 3.05) is 0 Å². The van der Waals surface area contributed by atoms with E-state index in [1.165, 1.54) is 12.3 Å². The van der Waals surface area contributed by atoms with Gasteiger partial charge in [-0.1, -0.05) is 0 Å². The molecule has 2 N–H and O–H groups in total. The molecule has 0 aliphatic rings. The first kappa shape index (κ1) is 11.1. The molecule has 5 nitrogen and oxygen atoms in total. The molecule has 1 aromatic heterocycles. The monoisotopic (exact) mass is 259 g/mol. The predicted molar refractivity (Wildman–Crippen MR) is 55.8 cm³/mol. The van der Waals surface area contributed by atoms with E-state index in [-0.39, 0.29) is 5.69 Å². The second-order valence-electron chi connectivity index (χ2n) is 3.50. The number of hydrogen-bond donors (Lipinski definition) is 1. The van der Waals surface area contributed by atoms with Crippen LogP contribution in [0.2, 0.25) is 0 Å². The van der Waals surface area contributed by atoms with E-state index in [2.05, 4.69) is 20.9 Å². The van der Waals surface area contributed by atoms with Crippen molar-refractivity contribution < 1.29 is 4.92 Å². The number of nitro groups is 1. The maximum absolute atomic E-state index is 10.4. The van der Waals surface area contributed by atoms with Crippen LogP contribution in [-0.4, -0.2) is 9.91 Å². The molecule has 76 valence electrons. The third-order valence-electron chi connectivity index (χ3n) is 1.65. The lowest BCUT2D eigenvalue weighted by atomic mass is 10.0. The Kier molecular flexibility index (Phi) is 2.86. The molecule has 0 saturated heterocycles. The van der Waals surface area contributed by atoms with Crippen molar-refractivity contribution in [2.24, 2.45) is 5.73 Å². The Hall–Kier alpha value is -1.01. The van der Waals surface area contributed by atoms with Gasteiger partial charge in [-0.25, -0.2) is 0 Å². The van der Waals surface area contributed by atoms with E-state index in [1.54, 1.807) is 13.8 Å². The van der Waals surface area contributed by atoms with E-state index in [1.807, 2.05) is 0 Å². The van der Waals surface area contributed by atoms with E-state index in [0.717, 1.165) is 0 Å². The standard InChI is InChI=1S/C8H10BrN3O2/c1-8(2,10)7-6(9)3-5(4-11-7)12(13)14/h3-4H,10H2,1-2H3. The van der Waals surface area contributed by atoms with Crippen LogP contribution in [0.25, 0.3) is 0 Å². The predicted octanol–water partition coefficient (Wildman–Crippen LogP) is 1.95. The van der Waals surface area contributed by atoms with Crippen LogP contribution in [0.5, 0.6) is 0 Å². The van der Waals surface area contributed by atoms with E-state index in [9.17, 15) is 10.1 Å². The van der Waals surface area contributed by atoms with Crippen molar-refractivity contribution in [2.45, 2.75) is 19.4 Å². The molecule has 6 heteroatoms. The van der Waals surface area contributed by atoms with Gasteiger partial charge in [-0.05, 0) is 29.8 Å². The molecule has 0 aliphatic heterocycles. The summed E-state index contributed by atoms with van der Waals surface area (Å²) in [4.78, 5) is 13.9. The topological polar surface area (TPSA) is 82.0 Å². The number of halogens is 1. The van der Waals surface area contributed by atoms with Crippen LogP contribution in [0, 0.1) is 10.1 Å². The summed E-state index contributed by atoms with van der Waals surface area (Å²) in [7, 11) is 0. The van der Waals surface area contributed by atoms with Gasteiger partial charge in [0.2, 0.25) is 0 Å². The summed E-state index contributed by atoms with van der Waals surface area (Å²) >= 11 is 3.20. The van der Waals surface area contributed by atoms with Gasteiger partial charge in [-0.3, -0.25) is 15.1 Å². The molecule has 0 radical (unpaired) electrons. The average molecular weight is 260 g/mol. The van der Waals surface area contributed by atoms with Gasteiger partial charge in [0.1, 0.15) is 6.20 Å². The second-order valence-corrected chi connectivity index (χ2v) is 4.36. The van der Waals surface area contributed by atoms with Crippen LogP contribution < -0.4 is 5.73 Å². The van der Waals surface area contributed by atoms with Crippen molar-refractivity contribution >= 4 is 21.6 Å². The Labute approximate surface area is 89.6 Å². The van der Waals surface area contributed by atoms with Crippen molar-refractivity contribution in [1.82, 2.24) is 4.98 Å². The maximum atomic E-state index is 10.4. The van der Waals surface area contributed by atoms with E-state index < -0.39 is 10.5 Å². The van der Waals surface area contributed by atoms with Crippen molar-refractivity contribution in [1.29, 1.82) is 0 Å². The highest BCUT2D eigenvalue weighted by molar-refractivity contribution is 9.10. The Morgan fingerprint density at radius 3 is 2.57 bits per heavy atom. The zero-order valence-corrected chi connectivity index (χ0v) is 9.41. The minimum absolute atomic E-state index is 0.0510. The van der Waals surface area contributed by atoms with Gasteiger partial charge in [0, 0.05) is 10.5 Å². The minimum Gasteiger partial charge on any atom is -0.321 e. The average Bonchev–Trinajstić information content (AvgIpc) is 2.01. The van der Waals surface area contributed by atoms with E-state index in [0.29, 0.717) is 10.2 Å². The minimum atomic E-state index is -0.617. The first-order valence-corrected chi connectivity index (χ1v) is 4.71. The Morgan fingerprint density at radius 1 is 1.64 bits per heavy atom. The molecule has 0 aromatic carbocycles. The molecule has 0 amide bonds. The second kappa shape index (κ2) is 3.62. The summed E-state index contributed by atoms with van der Waals surface area (Å²) in [6, 6.07) is 1.40. The lowest BCUT2D eigenvalue weighted by Crippen LogP contribution is -2.30. The van der Waals surface area contributed by atoms with Crippen LogP contribution in [0.15, 0.2) is 16.7 Å². The fourth-order valence-electron chi connectivity index (χ4n) is 1.00. The molecule has 1 heterocycles. The molecule has 14 heavy (non-hydrogen) atoms. The van der Waals surface area contributed by atoms with Gasteiger partial charge in [0.25, 0.3) is 5.69 Å². The molecule has 0 unspecified atom stereocenters. The van der Waals surface area contributed by atoms with Crippen LogP contribution in [0.3, 0.4) is 0 Å². The molecular weight excluding hydrogens is 250 g/mol. The molecule has 0 atom stereocenters. The Morgan fingerprint density at radius 2 is 2.21 bits per heavy atom. The zero-order chi connectivity index (χ0) is 10.9. The van der Waals surface area contributed by atoms with Gasteiger partial charge in [-0.15, -0.1) is 0 Å². The Bertz CT molecular complexity index is 373. The molecule has 0 saturated carbocycles. The normalized spacial score (nSPS) is 11.4. The number of hydrogen-bond acceptors (Lipinski definition) is 4. The number of rotatable bonds is 2. The van der Waals surface area contributed by atoms with Gasteiger partial charge in [0.05, 0.1) is 16.2 Å². The van der Waals surface area contributed by atoms with Gasteiger partial charge in [-0.2, -0.15) is 0 Å². The first-order valence-electron chi connectivity index (χ1n) is 3.91. The van der Waals surface area contributed by atoms with Gasteiger partial charge < -0.3 is 5.73 Å². The Balaban J connectivity index is 3.21. The summed E-state index contributed by atoms with van der Waals surface area (Å²) < 4.78 is 0.555. The third kappa shape index (κ3) is 2.27. The number of pyridine rings is 1. The van der Waals surface area contributed by atoms with E-state index >= 15 is 0 Å². The molecular formula is C8H10BrN3O2. The lowest BCUT2D eigenvalue weighted by Gasteiger charge is -2.18. The quantitative estimate of drug-likeness (QED) is 0.650. The summed E-state index contributed by atoms with van der Waals surface area (Å²) in [6.45, 7) is 3.57. The summed E-state index contributed by atoms with van der Waals surface area (Å²) in [5, 5.41) is 10.4. The highest BCUT2D eigenvalue weighted by Crippen LogP contribution is 2.26. The van der Waals surface area contributed by atoms with Crippen molar-refractivity contribution in [3.8, 4) is 0 Å². The number of nitrogens with two attached hydrogens (primary N) is 1. The number of nitrogens with zero attached hydrogens (tertiary/aromatic N) is 2. The van der Waals surface area contributed by atoms with Crippen LogP contribution >= 0.6 is 15.9 Å². The molecule has 1 aromatic rings. The zero-order valence-electron chi connectivity index (χ0n) is 7.82. The number of aromatic nitrogens is 1. The molecule has 0 bridgehead atoms. The highest BCUT2D eigenvalue weighted by atomic mass is 79.9. The van der Waals surface area contributed by atoms with Crippen LogP contribution in [-0.2, 0) is 5.54 Å². The fraction of sp³-hybridized carbons (Fsp3) is 0.375. The summed E-state index contributed by atoms with van der Waals surface area (Å²) in [5.41, 5.74) is 5.75. The smallest absolute Gasteiger partial charge is 0.288 e. The molecule has 0 spiro atoms. The van der Waals surface area contributed by atoms with Crippen LogP contribution in [0.4, 0.5) is 5.69 Å². The SMILES string of the molecule is CC(C)(N)c1ncc([N+](=O)[O-])cc1Br. The molecule has 1 rings (SSSR count). The fourth-order valence-corrected chi connectivity index (χ4v) is 1.85. The van der Waals surface area contributed by atoms with Gasteiger partial charge in [0.15, 0.2) is 0 Å². The summed E-state index contributed by atoms with van der Waals surface area (Å²) in [6.07, 6.45) is 1.20. The van der Waals surface area contributed by atoms with Crippen LogP contribution in [0.1, 0.15) is 19.5 Å². The molecule has 0 fully saturated rings. The van der Waals surface area contributed by atoms with E-state index in [4.69, 9.17) is 5.73 Å². The maximum Gasteiger partial charge on any atom is 0.288 e. The molecule has 0 aliphatic carbocycles. The summed E-state index contributed by atoms with van der Waals surface area (Å²) in [5.74, 6) is 0. The lowest BCUT2D eigenvalue weighted by molar-refractivity contribution is -0.385. The first-order chi connectivity index (χ1) is 6.32. The third-order valence-corrected chi connectivity index (χ3v) is 2.25. The highest BCUT2D eigenvalue weighted by Gasteiger charge is 2.21. The van der Waals surface area contributed by atoms with Crippen molar-refractivity contribution in [3.63, 3.8) is 0 Å².